The molecule has 0 saturated carbocycles. The number of carbonyl (C=O) groups is 2. The monoisotopic (exact) mass is 526 g/mol. The number of hydrogen-bond acceptors (Lipinski definition) is 5. The van der Waals surface area contributed by atoms with Gasteiger partial charge in [-0.15, -0.1) is 0 Å². The Morgan fingerprint density at radius 2 is 1.68 bits per heavy atom. The minimum Gasteiger partial charge on any atom is -0.475 e. The molecule has 1 amide bonds. The van der Waals surface area contributed by atoms with E-state index in [4.69, 9.17) is 9.90 Å². The summed E-state index contributed by atoms with van der Waals surface area (Å²) < 4.78 is 46.2. The molecule has 0 atom stereocenters. The number of carboxylic acids is 1. The van der Waals surface area contributed by atoms with Gasteiger partial charge in [-0.2, -0.15) is 18.3 Å². The summed E-state index contributed by atoms with van der Waals surface area (Å²) in [5, 5.41) is 13.8. The Balaban J connectivity index is 0.000000479. The summed E-state index contributed by atoms with van der Waals surface area (Å²) in [6, 6.07) is 5.21. The molecule has 2 fully saturated rings. The molecule has 0 unspecified atom stereocenters. The SMILES string of the molecule is Cc1c(Cc2ccc(F)c(C(=O)N3CCC(N4CCCC4)CC3)c2)n[nH]c(=O)c1C.O=C(O)C(F)(F)F. The average molecular weight is 527 g/mol. The number of likely N-dealkylation sites (tertiary alicyclic amines) is 2. The lowest BCUT2D eigenvalue weighted by Gasteiger charge is -2.36. The van der Waals surface area contributed by atoms with Crippen LogP contribution in [0.5, 0.6) is 0 Å². The lowest BCUT2D eigenvalue weighted by molar-refractivity contribution is -0.192. The summed E-state index contributed by atoms with van der Waals surface area (Å²) in [7, 11) is 0. The van der Waals surface area contributed by atoms with Gasteiger partial charge in [-0.3, -0.25) is 9.59 Å². The van der Waals surface area contributed by atoms with E-state index in [0.717, 1.165) is 42.8 Å². The van der Waals surface area contributed by atoms with Crippen molar-refractivity contribution in [2.24, 2.45) is 0 Å². The number of alkyl halides is 3. The summed E-state index contributed by atoms with van der Waals surface area (Å²) >= 11 is 0. The smallest absolute Gasteiger partial charge is 0.475 e. The van der Waals surface area contributed by atoms with Crippen molar-refractivity contribution < 1.29 is 32.3 Å². The first kappa shape index (κ1) is 28.3. The van der Waals surface area contributed by atoms with Gasteiger partial charge in [0.05, 0.1) is 11.3 Å². The van der Waals surface area contributed by atoms with Crippen LogP contribution in [0.4, 0.5) is 17.6 Å². The Morgan fingerprint density at radius 1 is 1.08 bits per heavy atom. The van der Waals surface area contributed by atoms with Crippen LogP contribution < -0.4 is 5.56 Å². The van der Waals surface area contributed by atoms with Gasteiger partial charge in [-0.05, 0) is 75.9 Å². The van der Waals surface area contributed by atoms with Crippen molar-refractivity contribution in [3.05, 3.63) is 62.3 Å². The predicted octanol–water partition coefficient (Wildman–Crippen LogP) is 3.45. The third-order valence-corrected chi connectivity index (χ3v) is 6.91. The van der Waals surface area contributed by atoms with Gasteiger partial charge in [-0.1, -0.05) is 6.07 Å². The maximum atomic E-state index is 14.5. The van der Waals surface area contributed by atoms with E-state index in [1.54, 1.807) is 24.0 Å². The molecule has 2 aromatic rings. The van der Waals surface area contributed by atoms with E-state index in [1.165, 1.54) is 18.9 Å². The fraction of sp³-hybridized carbons (Fsp3) is 0.520. The van der Waals surface area contributed by atoms with Gasteiger partial charge in [0, 0.05) is 31.1 Å². The molecule has 1 aromatic carbocycles. The summed E-state index contributed by atoms with van der Waals surface area (Å²) in [5.74, 6) is -3.49. The standard InChI is InChI=1S/C23H29FN4O2.C2HF3O2/c1-15-16(2)22(29)26-25-21(15)14-17-5-6-20(24)19(13-17)23(30)28-11-7-18(8-12-28)27-9-3-4-10-27;3-2(4,5)1(6)7/h5-6,13,18H,3-4,7-12,14H2,1-2H3,(H,26,29);(H,6,7). The van der Waals surface area contributed by atoms with E-state index in [9.17, 15) is 27.2 Å². The number of benzene rings is 1. The highest BCUT2D eigenvalue weighted by Crippen LogP contribution is 2.24. The number of nitrogens with one attached hydrogen (secondary N) is 1. The second-order valence-electron chi connectivity index (χ2n) is 9.31. The molecule has 37 heavy (non-hydrogen) atoms. The molecule has 3 heterocycles. The van der Waals surface area contributed by atoms with Crippen LogP contribution in [-0.2, 0) is 11.2 Å². The molecule has 0 spiro atoms. The lowest BCUT2D eigenvalue weighted by atomic mass is 9.99. The Hall–Kier alpha value is -3.28. The molecule has 1 aromatic heterocycles. The van der Waals surface area contributed by atoms with Gasteiger partial charge in [0.2, 0.25) is 0 Å². The van der Waals surface area contributed by atoms with Crippen molar-refractivity contribution in [3.8, 4) is 0 Å². The molecule has 2 aliphatic rings. The number of hydrogen-bond donors (Lipinski definition) is 2. The second kappa shape index (κ2) is 11.8. The van der Waals surface area contributed by atoms with Crippen LogP contribution in [0.2, 0.25) is 0 Å². The fourth-order valence-corrected chi connectivity index (χ4v) is 4.60. The average Bonchev–Trinajstić information content (AvgIpc) is 3.40. The first-order chi connectivity index (χ1) is 17.4. The van der Waals surface area contributed by atoms with Gasteiger partial charge in [0.15, 0.2) is 0 Å². The third-order valence-electron chi connectivity index (χ3n) is 6.91. The van der Waals surface area contributed by atoms with Crippen molar-refractivity contribution in [2.75, 3.05) is 26.2 Å². The van der Waals surface area contributed by atoms with Gasteiger partial charge >= 0.3 is 12.1 Å². The molecule has 2 N–H and O–H groups in total. The Kier molecular flexibility index (Phi) is 9.06. The highest BCUT2D eigenvalue weighted by atomic mass is 19.4. The maximum Gasteiger partial charge on any atom is 0.490 e. The fourth-order valence-electron chi connectivity index (χ4n) is 4.60. The second-order valence-corrected chi connectivity index (χ2v) is 9.31. The summed E-state index contributed by atoms with van der Waals surface area (Å²) in [5.41, 5.74) is 2.88. The molecule has 2 aliphatic heterocycles. The number of H-pyrrole nitrogens is 1. The molecular weight excluding hydrogens is 496 g/mol. The Bertz CT molecular complexity index is 1180. The molecular formula is C25H30F4N4O4. The van der Waals surface area contributed by atoms with Gasteiger partial charge in [0.1, 0.15) is 5.82 Å². The highest BCUT2D eigenvalue weighted by Gasteiger charge is 2.38. The number of nitrogens with zero attached hydrogens (tertiary/aromatic N) is 3. The van der Waals surface area contributed by atoms with Crippen LogP contribution in [0, 0.1) is 19.7 Å². The lowest BCUT2D eigenvalue weighted by Crippen LogP contribution is -2.46. The highest BCUT2D eigenvalue weighted by molar-refractivity contribution is 5.94. The van der Waals surface area contributed by atoms with Crippen LogP contribution >= 0.6 is 0 Å². The number of aromatic nitrogens is 2. The summed E-state index contributed by atoms with van der Waals surface area (Å²) in [4.78, 5) is 37.9. The number of halogens is 4. The van der Waals surface area contributed by atoms with Crippen LogP contribution in [0.1, 0.15) is 58.4 Å². The van der Waals surface area contributed by atoms with Crippen LogP contribution in [0.15, 0.2) is 23.0 Å². The van der Waals surface area contributed by atoms with Crippen LogP contribution in [0.25, 0.3) is 0 Å². The number of rotatable bonds is 4. The first-order valence-corrected chi connectivity index (χ1v) is 12.0. The van der Waals surface area contributed by atoms with Crippen molar-refractivity contribution in [2.45, 2.75) is 58.2 Å². The normalized spacial score (nSPS) is 16.9. The molecule has 8 nitrogen and oxygen atoms in total. The first-order valence-electron chi connectivity index (χ1n) is 12.0. The topological polar surface area (TPSA) is 107 Å². The maximum absolute atomic E-state index is 14.5. The van der Waals surface area contributed by atoms with E-state index >= 15 is 0 Å². The number of carbonyl (C=O) groups excluding carboxylic acids is 1. The minimum atomic E-state index is -5.08. The summed E-state index contributed by atoms with van der Waals surface area (Å²) in [6.07, 6.45) is -0.221. The van der Waals surface area contributed by atoms with E-state index < -0.39 is 18.0 Å². The van der Waals surface area contributed by atoms with E-state index in [2.05, 4.69) is 15.1 Å². The molecule has 0 aliphatic carbocycles. The van der Waals surface area contributed by atoms with Crippen LogP contribution in [0.3, 0.4) is 0 Å². The number of aromatic amines is 1. The third kappa shape index (κ3) is 7.15. The van der Waals surface area contributed by atoms with Crippen molar-refractivity contribution in [3.63, 3.8) is 0 Å². The zero-order valence-corrected chi connectivity index (χ0v) is 20.7. The molecule has 2 saturated heterocycles. The zero-order chi connectivity index (χ0) is 27.3. The molecule has 0 bridgehead atoms. The Labute approximate surface area is 211 Å². The number of amides is 1. The zero-order valence-electron chi connectivity index (χ0n) is 20.7. The predicted molar refractivity (Wildman–Crippen MR) is 127 cm³/mol. The molecule has 202 valence electrons. The van der Waals surface area contributed by atoms with Gasteiger partial charge in [-0.25, -0.2) is 14.3 Å². The van der Waals surface area contributed by atoms with Crippen LogP contribution in [-0.4, -0.2) is 75.4 Å². The van der Waals surface area contributed by atoms with E-state index in [1.807, 2.05) is 6.92 Å². The number of aliphatic carboxylic acids is 1. The number of piperidine rings is 1. The number of carboxylic acid groups (broad SMARTS) is 1. The van der Waals surface area contributed by atoms with Crippen molar-refractivity contribution in [1.29, 1.82) is 0 Å². The molecule has 4 rings (SSSR count). The minimum absolute atomic E-state index is 0.117. The quantitative estimate of drug-likeness (QED) is 0.592. The van der Waals surface area contributed by atoms with Crippen molar-refractivity contribution >= 4 is 11.9 Å². The van der Waals surface area contributed by atoms with E-state index in [-0.39, 0.29) is 17.0 Å². The van der Waals surface area contributed by atoms with E-state index in [0.29, 0.717) is 31.1 Å². The van der Waals surface area contributed by atoms with Crippen molar-refractivity contribution in [1.82, 2.24) is 20.0 Å². The largest absolute Gasteiger partial charge is 0.490 e. The molecule has 0 radical (unpaired) electrons. The van der Waals surface area contributed by atoms with Gasteiger partial charge in [0.25, 0.3) is 11.5 Å². The molecule has 12 heteroatoms. The Morgan fingerprint density at radius 3 is 2.24 bits per heavy atom. The summed E-state index contributed by atoms with van der Waals surface area (Å²) in [6.45, 7) is 7.27. The van der Waals surface area contributed by atoms with Gasteiger partial charge < -0.3 is 14.9 Å².